The van der Waals surface area contributed by atoms with E-state index in [9.17, 15) is 12.8 Å². The molecule has 2 N–H and O–H groups in total. The van der Waals surface area contributed by atoms with Gasteiger partial charge in [-0.15, -0.1) is 0 Å². The SMILES string of the molecule is NC1c2ccccc2CC1S(=O)(=O)c1cccc(F)c1. The molecule has 0 aromatic heterocycles. The standard InChI is InChI=1S/C15H14FNO2S/c16-11-5-3-6-12(9-11)20(18,19)14-8-10-4-1-2-7-13(10)15(14)17/h1-7,9,14-15H,8,17H2. The zero-order valence-corrected chi connectivity index (χ0v) is 11.5. The maximum atomic E-state index is 13.2. The zero-order valence-electron chi connectivity index (χ0n) is 10.7. The van der Waals surface area contributed by atoms with Crippen LogP contribution in [-0.2, 0) is 16.3 Å². The molecule has 2 aromatic rings. The van der Waals surface area contributed by atoms with Gasteiger partial charge in [0.25, 0.3) is 0 Å². The Morgan fingerprint density at radius 1 is 1.10 bits per heavy atom. The van der Waals surface area contributed by atoms with E-state index in [1.54, 1.807) is 0 Å². The van der Waals surface area contributed by atoms with Crippen molar-refractivity contribution in [1.29, 1.82) is 0 Å². The lowest BCUT2D eigenvalue weighted by Crippen LogP contribution is -2.30. The largest absolute Gasteiger partial charge is 0.323 e. The number of rotatable bonds is 2. The lowest BCUT2D eigenvalue weighted by atomic mass is 10.1. The molecule has 0 saturated carbocycles. The van der Waals surface area contributed by atoms with Crippen LogP contribution in [0.2, 0.25) is 0 Å². The topological polar surface area (TPSA) is 60.2 Å². The van der Waals surface area contributed by atoms with Crippen molar-refractivity contribution in [2.45, 2.75) is 22.6 Å². The summed E-state index contributed by atoms with van der Waals surface area (Å²) in [5.41, 5.74) is 7.89. The van der Waals surface area contributed by atoms with Crippen LogP contribution >= 0.6 is 0 Å². The van der Waals surface area contributed by atoms with Crippen molar-refractivity contribution in [3.63, 3.8) is 0 Å². The normalized spacial score (nSPS) is 21.7. The van der Waals surface area contributed by atoms with Gasteiger partial charge in [0.15, 0.2) is 9.84 Å². The van der Waals surface area contributed by atoms with Gasteiger partial charge in [0.2, 0.25) is 0 Å². The lowest BCUT2D eigenvalue weighted by Gasteiger charge is -2.17. The van der Waals surface area contributed by atoms with Crippen molar-refractivity contribution in [1.82, 2.24) is 0 Å². The highest BCUT2D eigenvalue weighted by Gasteiger charge is 2.39. The molecule has 0 fully saturated rings. The zero-order chi connectivity index (χ0) is 14.3. The Kier molecular flexibility index (Phi) is 3.11. The lowest BCUT2D eigenvalue weighted by molar-refractivity contribution is 0.562. The second-order valence-corrected chi connectivity index (χ2v) is 7.14. The molecule has 0 saturated heterocycles. The van der Waals surface area contributed by atoms with Crippen molar-refractivity contribution in [3.8, 4) is 0 Å². The van der Waals surface area contributed by atoms with Gasteiger partial charge in [-0.3, -0.25) is 0 Å². The van der Waals surface area contributed by atoms with Gasteiger partial charge in [-0.2, -0.15) is 0 Å². The van der Waals surface area contributed by atoms with E-state index in [2.05, 4.69) is 0 Å². The van der Waals surface area contributed by atoms with E-state index < -0.39 is 26.9 Å². The summed E-state index contributed by atoms with van der Waals surface area (Å²) in [5.74, 6) is -0.560. The molecule has 0 amide bonds. The van der Waals surface area contributed by atoms with Gasteiger partial charge in [-0.25, -0.2) is 12.8 Å². The van der Waals surface area contributed by atoms with E-state index in [0.717, 1.165) is 17.2 Å². The van der Waals surface area contributed by atoms with Gasteiger partial charge in [0.1, 0.15) is 5.82 Å². The smallest absolute Gasteiger partial charge is 0.183 e. The molecule has 20 heavy (non-hydrogen) atoms. The van der Waals surface area contributed by atoms with Crippen LogP contribution in [0.15, 0.2) is 53.4 Å². The average Bonchev–Trinajstić information content (AvgIpc) is 2.77. The summed E-state index contributed by atoms with van der Waals surface area (Å²) in [4.78, 5) is -0.00856. The Morgan fingerprint density at radius 2 is 1.85 bits per heavy atom. The Balaban J connectivity index is 2.03. The van der Waals surface area contributed by atoms with Gasteiger partial charge in [0, 0.05) is 6.04 Å². The number of hydrogen-bond acceptors (Lipinski definition) is 3. The summed E-state index contributed by atoms with van der Waals surface area (Å²) in [7, 11) is -3.64. The van der Waals surface area contributed by atoms with Crippen LogP contribution in [0.3, 0.4) is 0 Å². The van der Waals surface area contributed by atoms with Crippen molar-refractivity contribution >= 4 is 9.84 Å². The minimum Gasteiger partial charge on any atom is -0.323 e. The van der Waals surface area contributed by atoms with Crippen molar-refractivity contribution in [2.75, 3.05) is 0 Å². The first-order chi connectivity index (χ1) is 9.50. The summed E-state index contributed by atoms with van der Waals surface area (Å²) in [6, 6.07) is 12.0. The van der Waals surface area contributed by atoms with E-state index in [4.69, 9.17) is 5.73 Å². The number of benzene rings is 2. The van der Waals surface area contributed by atoms with E-state index in [1.165, 1.54) is 18.2 Å². The van der Waals surface area contributed by atoms with E-state index in [-0.39, 0.29) is 4.90 Å². The molecular formula is C15H14FNO2S. The highest BCUT2D eigenvalue weighted by atomic mass is 32.2. The van der Waals surface area contributed by atoms with Crippen molar-refractivity contribution < 1.29 is 12.8 Å². The third kappa shape index (κ3) is 2.03. The predicted octanol–water partition coefficient (Wildman–Crippen LogP) is 2.22. The third-order valence-electron chi connectivity index (χ3n) is 3.76. The van der Waals surface area contributed by atoms with E-state index >= 15 is 0 Å². The first-order valence-electron chi connectivity index (χ1n) is 6.33. The molecule has 3 rings (SSSR count). The molecule has 1 aliphatic carbocycles. The van der Waals surface area contributed by atoms with Crippen LogP contribution in [0.4, 0.5) is 4.39 Å². The summed E-state index contributed by atoms with van der Waals surface area (Å²) in [6.07, 6.45) is 0.371. The second-order valence-electron chi connectivity index (χ2n) is 4.97. The molecule has 1 aliphatic rings. The van der Waals surface area contributed by atoms with Crippen molar-refractivity contribution in [3.05, 3.63) is 65.5 Å². The monoisotopic (exact) mass is 291 g/mol. The van der Waals surface area contributed by atoms with Crippen LogP contribution in [-0.4, -0.2) is 13.7 Å². The Hall–Kier alpha value is -1.72. The minimum atomic E-state index is -3.64. The Labute approximate surface area is 117 Å². The molecule has 0 spiro atoms. The fourth-order valence-corrected chi connectivity index (χ4v) is 4.54. The fraction of sp³-hybridized carbons (Fsp3) is 0.200. The maximum absolute atomic E-state index is 13.2. The summed E-state index contributed by atoms with van der Waals surface area (Å²) in [5, 5.41) is -0.735. The number of nitrogens with two attached hydrogens (primary N) is 1. The van der Waals surface area contributed by atoms with Gasteiger partial charge in [0.05, 0.1) is 10.1 Å². The number of sulfone groups is 1. The summed E-state index contributed by atoms with van der Waals surface area (Å²) in [6.45, 7) is 0. The van der Waals surface area contributed by atoms with Gasteiger partial charge in [-0.1, -0.05) is 30.3 Å². The molecule has 2 unspecified atom stereocenters. The van der Waals surface area contributed by atoms with Gasteiger partial charge in [-0.05, 0) is 35.7 Å². The molecule has 3 nitrogen and oxygen atoms in total. The van der Waals surface area contributed by atoms with Crippen LogP contribution in [0.1, 0.15) is 17.2 Å². The minimum absolute atomic E-state index is 0.00856. The first-order valence-corrected chi connectivity index (χ1v) is 7.87. The number of hydrogen-bond donors (Lipinski definition) is 1. The summed E-state index contributed by atoms with van der Waals surface area (Å²) < 4.78 is 38.5. The quantitative estimate of drug-likeness (QED) is 0.923. The molecular weight excluding hydrogens is 277 g/mol. The van der Waals surface area contributed by atoms with Crippen LogP contribution in [0.5, 0.6) is 0 Å². The van der Waals surface area contributed by atoms with Crippen LogP contribution < -0.4 is 5.73 Å². The van der Waals surface area contributed by atoms with Gasteiger partial charge >= 0.3 is 0 Å². The Bertz CT molecular complexity index is 758. The first kappa shape index (κ1) is 13.3. The molecule has 0 aliphatic heterocycles. The van der Waals surface area contributed by atoms with E-state index in [0.29, 0.717) is 6.42 Å². The average molecular weight is 291 g/mol. The Morgan fingerprint density at radius 3 is 2.55 bits per heavy atom. The predicted molar refractivity (Wildman–Crippen MR) is 74.4 cm³/mol. The molecule has 5 heteroatoms. The molecule has 0 bridgehead atoms. The molecule has 2 aromatic carbocycles. The third-order valence-corrected chi connectivity index (χ3v) is 5.93. The maximum Gasteiger partial charge on any atom is 0.183 e. The molecule has 0 heterocycles. The number of fused-ring (bicyclic) bond motifs is 1. The van der Waals surface area contributed by atoms with Crippen LogP contribution in [0, 0.1) is 5.82 Å². The fourth-order valence-electron chi connectivity index (χ4n) is 2.71. The molecule has 104 valence electrons. The second kappa shape index (κ2) is 4.68. The highest BCUT2D eigenvalue weighted by Crippen LogP contribution is 2.36. The number of halogens is 1. The highest BCUT2D eigenvalue weighted by molar-refractivity contribution is 7.92. The van der Waals surface area contributed by atoms with Crippen LogP contribution in [0.25, 0.3) is 0 Å². The van der Waals surface area contributed by atoms with Crippen molar-refractivity contribution in [2.24, 2.45) is 5.73 Å². The molecule has 2 atom stereocenters. The molecule has 0 radical (unpaired) electrons. The van der Waals surface area contributed by atoms with Gasteiger partial charge < -0.3 is 5.73 Å². The van der Waals surface area contributed by atoms with E-state index in [1.807, 2.05) is 24.3 Å². The summed E-state index contributed by atoms with van der Waals surface area (Å²) >= 11 is 0.